The molecule has 1 fully saturated rings. The van der Waals surface area contributed by atoms with E-state index in [2.05, 4.69) is 15.3 Å². The number of hydrogen-bond acceptors (Lipinski definition) is 5. The predicted molar refractivity (Wildman–Crippen MR) is 121 cm³/mol. The van der Waals surface area contributed by atoms with Crippen LogP contribution in [0.1, 0.15) is 12.8 Å². The summed E-state index contributed by atoms with van der Waals surface area (Å²) in [7, 11) is -3.66. The lowest BCUT2D eigenvalue weighted by atomic mass is 10.1. The van der Waals surface area contributed by atoms with Crippen molar-refractivity contribution >= 4 is 44.0 Å². The van der Waals surface area contributed by atoms with E-state index in [1.165, 1.54) is 15.6 Å². The molecule has 1 atom stereocenters. The number of amides is 1. The van der Waals surface area contributed by atoms with E-state index in [1.807, 2.05) is 36.4 Å². The number of imidazole rings is 1. The standard InChI is InChI=1S/C22H20N4O3S2/c27-22(19-7-3-13-26(19)31(28,29)20-8-4-14-30-20)23-16-11-9-15(10-12-16)21-24-17-5-1-2-6-18(17)25-21/h1-2,4-6,8-12,14,19H,3,7,13H2,(H,23,27)(H,24,25)/t19-/m0/s1. The molecule has 0 aliphatic carbocycles. The Balaban J connectivity index is 1.32. The number of hydrogen-bond donors (Lipinski definition) is 2. The first kappa shape index (κ1) is 19.9. The molecule has 0 saturated carbocycles. The van der Waals surface area contributed by atoms with Crippen LogP contribution in [0.15, 0.2) is 70.3 Å². The Morgan fingerprint density at radius 1 is 1.10 bits per heavy atom. The summed E-state index contributed by atoms with van der Waals surface area (Å²) in [5.74, 6) is 0.442. The maximum atomic E-state index is 12.9. The third-order valence-corrected chi connectivity index (χ3v) is 8.66. The molecule has 0 bridgehead atoms. The summed E-state index contributed by atoms with van der Waals surface area (Å²) in [6.45, 7) is 0.351. The van der Waals surface area contributed by atoms with Gasteiger partial charge in [-0.2, -0.15) is 4.31 Å². The van der Waals surface area contributed by atoms with Crippen molar-refractivity contribution in [1.29, 1.82) is 0 Å². The number of nitrogens with one attached hydrogen (secondary N) is 2. The molecule has 158 valence electrons. The number of aromatic amines is 1. The van der Waals surface area contributed by atoms with Crippen LogP contribution in [0.25, 0.3) is 22.4 Å². The number of anilines is 1. The van der Waals surface area contributed by atoms with E-state index >= 15 is 0 Å². The van der Waals surface area contributed by atoms with Gasteiger partial charge in [-0.05, 0) is 60.7 Å². The monoisotopic (exact) mass is 452 g/mol. The fourth-order valence-corrected chi connectivity index (χ4v) is 6.62. The number of carbonyl (C=O) groups is 1. The van der Waals surface area contributed by atoms with E-state index in [-0.39, 0.29) is 10.1 Å². The maximum absolute atomic E-state index is 12.9. The molecule has 2 N–H and O–H groups in total. The smallest absolute Gasteiger partial charge is 0.253 e. The molecule has 4 aromatic rings. The van der Waals surface area contributed by atoms with Crippen molar-refractivity contribution in [2.24, 2.45) is 0 Å². The molecule has 1 saturated heterocycles. The Morgan fingerprint density at radius 2 is 1.90 bits per heavy atom. The highest BCUT2D eigenvalue weighted by Gasteiger charge is 2.39. The molecule has 0 unspecified atom stereocenters. The summed E-state index contributed by atoms with van der Waals surface area (Å²) in [6.07, 6.45) is 1.17. The SMILES string of the molecule is O=C(Nc1ccc(-c2nc3ccccc3[nH]2)cc1)[C@@H]1CCCN1S(=O)(=O)c1cccs1. The Labute approximate surface area is 183 Å². The largest absolute Gasteiger partial charge is 0.338 e. The Kier molecular flexibility index (Phi) is 5.09. The fourth-order valence-electron chi connectivity index (χ4n) is 3.84. The topological polar surface area (TPSA) is 95.2 Å². The fraction of sp³-hybridized carbons (Fsp3) is 0.182. The zero-order valence-corrected chi connectivity index (χ0v) is 18.1. The number of carbonyl (C=O) groups excluding carboxylic acids is 1. The predicted octanol–water partition coefficient (Wildman–Crippen LogP) is 4.08. The summed E-state index contributed by atoms with van der Waals surface area (Å²) in [4.78, 5) is 20.7. The molecule has 5 rings (SSSR count). The minimum Gasteiger partial charge on any atom is -0.338 e. The van der Waals surface area contributed by atoms with Gasteiger partial charge in [0, 0.05) is 17.8 Å². The third-order valence-electron chi connectivity index (χ3n) is 5.38. The van der Waals surface area contributed by atoms with Crippen LogP contribution in [-0.4, -0.2) is 41.2 Å². The van der Waals surface area contributed by atoms with Crippen LogP contribution >= 0.6 is 11.3 Å². The molecular formula is C22H20N4O3S2. The van der Waals surface area contributed by atoms with E-state index in [0.717, 1.165) is 22.4 Å². The zero-order valence-electron chi connectivity index (χ0n) is 16.5. The highest BCUT2D eigenvalue weighted by Crippen LogP contribution is 2.29. The lowest BCUT2D eigenvalue weighted by molar-refractivity contribution is -0.119. The molecule has 9 heteroatoms. The molecule has 31 heavy (non-hydrogen) atoms. The molecule has 1 aliphatic rings. The van der Waals surface area contributed by atoms with Crippen molar-refractivity contribution in [2.45, 2.75) is 23.1 Å². The van der Waals surface area contributed by atoms with Gasteiger partial charge in [0.05, 0.1) is 11.0 Å². The third kappa shape index (κ3) is 3.76. The van der Waals surface area contributed by atoms with E-state index in [4.69, 9.17) is 0 Å². The van der Waals surface area contributed by atoms with E-state index in [9.17, 15) is 13.2 Å². The molecule has 1 amide bonds. The summed E-state index contributed by atoms with van der Waals surface area (Å²) < 4.78 is 27.4. The number of nitrogens with zero attached hydrogens (tertiary/aromatic N) is 2. The number of aromatic nitrogens is 2. The maximum Gasteiger partial charge on any atom is 0.253 e. The van der Waals surface area contributed by atoms with Crippen LogP contribution in [0.2, 0.25) is 0 Å². The van der Waals surface area contributed by atoms with Crippen LogP contribution in [0, 0.1) is 0 Å². The van der Waals surface area contributed by atoms with Gasteiger partial charge in [0.2, 0.25) is 5.91 Å². The van der Waals surface area contributed by atoms with Gasteiger partial charge in [-0.25, -0.2) is 13.4 Å². The number of rotatable bonds is 5. The van der Waals surface area contributed by atoms with Crippen molar-refractivity contribution in [3.05, 3.63) is 66.0 Å². The molecule has 7 nitrogen and oxygen atoms in total. The summed E-state index contributed by atoms with van der Waals surface area (Å²) in [6, 6.07) is 17.7. The van der Waals surface area contributed by atoms with Gasteiger partial charge in [-0.1, -0.05) is 18.2 Å². The first-order valence-corrected chi connectivity index (χ1v) is 12.3. The van der Waals surface area contributed by atoms with Gasteiger partial charge >= 0.3 is 0 Å². The molecule has 2 aromatic heterocycles. The Morgan fingerprint density at radius 3 is 2.65 bits per heavy atom. The number of benzene rings is 2. The molecule has 1 aliphatic heterocycles. The highest BCUT2D eigenvalue weighted by molar-refractivity contribution is 7.91. The van der Waals surface area contributed by atoms with Gasteiger partial charge in [-0.3, -0.25) is 4.79 Å². The van der Waals surface area contributed by atoms with Gasteiger partial charge in [0.25, 0.3) is 10.0 Å². The van der Waals surface area contributed by atoms with Crippen LogP contribution in [-0.2, 0) is 14.8 Å². The normalized spacial score (nSPS) is 17.2. The quantitative estimate of drug-likeness (QED) is 0.477. The van der Waals surface area contributed by atoms with E-state index in [0.29, 0.717) is 25.1 Å². The minimum atomic E-state index is -3.66. The summed E-state index contributed by atoms with van der Waals surface area (Å²) in [5.41, 5.74) is 3.37. The first-order chi connectivity index (χ1) is 15.0. The number of para-hydroxylation sites is 2. The molecule has 3 heterocycles. The van der Waals surface area contributed by atoms with Crippen LogP contribution in [0.3, 0.4) is 0 Å². The van der Waals surface area contributed by atoms with Crippen molar-refractivity contribution in [1.82, 2.24) is 14.3 Å². The molecular weight excluding hydrogens is 432 g/mol. The number of thiophene rings is 1. The Hall–Kier alpha value is -3.01. The minimum absolute atomic E-state index is 0.266. The summed E-state index contributed by atoms with van der Waals surface area (Å²) in [5, 5.41) is 4.59. The molecule has 0 spiro atoms. The zero-order chi connectivity index (χ0) is 21.4. The number of sulfonamides is 1. The average Bonchev–Trinajstić information content (AvgIpc) is 3.54. The van der Waals surface area contributed by atoms with Gasteiger partial charge in [-0.15, -0.1) is 11.3 Å². The van der Waals surface area contributed by atoms with E-state index in [1.54, 1.807) is 29.6 Å². The van der Waals surface area contributed by atoms with Crippen LogP contribution in [0.4, 0.5) is 5.69 Å². The van der Waals surface area contributed by atoms with Crippen LogP contribution < -0.4 is 5.32 Å². The van der Waals surface area contributed by atoms with Crippen molar-refractivity contribution in [2.75, 3.05) is 11.9 Å². The van der Waals surface area contributed by atoms with Gasteiger partial charge < -0.3 is 10.3 Å². The lowest BCUT2D eigenvalue weighted by Gasteiger charge is -2.22. The highest BCUT2D eigenvalue weighted by atomic mass is 32.2. The molecule has 2 aromatic carbocycles. The van der Waals surface area contributed by atoms with Crippen molar-refractivity contribution in [3.8, 4) is 11.4 Å². The van der Waals surface area contributed by atoms with Crippen LogP contribution in [0.5, 0.6) is 0 Å². The van der Waals surface area contributed by atoms with Gasteiger partial charge in [0.15, 0.2) is 0 Å². The Bertz CT molecular complexity index is 1300. The lowest BCUT2D eigenvalue weighted by Crippen LogP contribution is -2.42. The molecule has 0 radical (unpaired) electrons. The number of H-pyrrole nitrogens is 1. The summed E-state index contributed by atoms with van der Waals surface area (Å²) >= 11 is 1.17. The van der Waals surface area contributed by atoms with Crippen molar-refractivity contribution in [3.63, 3.8) is 0 Å². The average molecular weight is 453 g/mol. The van der Waals surface area contributed by atoms with Gasteiger partial charge in [0.1, 0.15) is 16.1 Å². The van der Waals surface area contributed by atoms with E-state index < -0.39 is 16.1 Å². The second kappa shape index (κ2) is 7.92. The second-order valence-corrected chi connectivity index (χ2v) is 10.4. The number of fused-ring (bicyclic) bond motifs is 1. The second-order valence-electron chi connectivity index (χ2n) is 7.38. The first-order valence-electron chi connectivity index (χ1n) is 9.94. The van der Waals surface area contributed by atoms with Crippen molar-refractivity contribution < 1.29 is 13.2 Å².